The number of aromatic nitrogens is 1. The average Bonchev–Trinajstić information content (AvgIpc) is 2.88. The van der Waals surface area contributed by atoms with Gasteiger partial charge in [-0.25, -0.2) is 4.39 Å². The molecule has 0 bridgehead atoms. The van der Waals surface area contributed by atoms with E-state index in [1.54, 1.807) is 6.07 Å². The number of aryl methyl sites for hydroxylation is 1. The minimum Gasteiger partial charge on any atom is -0.396 e. The van der Waals surface area contributed by atoms with Crippen LogP contribution in [0.5, 0.6) is 0 Å². The molecule has 5 heteroatoms. The molecule has 0 saturated carbocycles. The predicted molar refractivity (Wildman–Crippen MR) is 95.5 cm³/mol. The van der Waals surface area contributed by atoms with E-state index in [-0.39, 0.29) is 30.3 Å². The fraction of sp³-hybridized carbons (Fsp3) is 0.450. The van der Waals surface area contributed by atoms with Crippen LogP contribution in [0.2, 0.25) is 0 Å². The van der Waals surface area contributed by atoms with Gasteiger partial charge in [-0.15, -0.1) is 0 Å². The summed E-state index contributed by atoms with van der Waals surface area (Å²) in [5.41, 5.74) is 3.12. The summed E-state index contributed by atoms with van der Waals surface area (Å²) in [5, 5.41) is 9.35. The third-order valence-electron chi connectivity index (χ3n) is 5.23. The van der Waals surface area contributed by atoms with Crippen LogP contribution in [0.25, 0.3) is 5.69 Å². The number of benzene rings is 1. The normalized spacial score (nSPS) is 20.8. The van der Waals surface area contributed by atoms with E-state index in [4.69, 9.17) is 0 Å². The van der Waals surface area contributed by atoms with E-state index in [9.17, 15) is 14.3 Å². The summed E-state index contributed by atoms with van der Waals surface area (Å²) in [6.45, 7) is 6.70. The molecular formula is C20H25FN2O2. The number of hydrogen-bond acceptors (Lipinski definition) is 2. The van der Waals surface area contributed by atoms with Gasteiger partial charge in [0.15, 0.2) is 0 Å². The first-order valence-electron chi connectivity index (χ1n) is 8.79. The van der Waals surface area contributed by atoms with Gasteiger partial charge in [0.25, 0.3) is 5.91 Å². The summed E-state index contributed by atoms with van der Waals surface area (Å²) in [5.74, 6) is -0.00371. The van der Waals surface area contributed by atoms with Crippen LogP contribution in [-0.2, 0) is 0 Å². The molecule has 1 aromatic carbocycles. The van der Waals surface area contributed by atoms with Crippen LogP contribution in [-0.4, -0.2) is 39.7 Å². The Bertz CT molecular complexity index is 784. The van der Waals surface area contributed by atoms with E-state index in [0.717, 1.165) is 29.9 Å². The minimum absolute atomic E-state index is 0.0136. The highest BCUT2D eigenvalue weighted by Crippen LogP contribution is 2.27. The number of amides is 1. The van der Waals surface area contributed by atoms with Gasteiger partial charge in [0.1, 0.15) is 5.82 Å². The number of hydrogen-bond donors (Lipinski definition) is 1. The third-order valence-corrected chi connectivity index (χ3v) is 5.23. The second-order valence-corrected chi connectivity index (χ2v) is 7.02. The Morgan fingerprint density at radius 1 is 1.32 bits per heavy atom. The molecule has 1 N–H and O–H groups in total. The number of piperidine rings is 1. The highest BCUT2D eigenvalue weighted by Gasteiger charge is 2.30. The Labute approximate surface area is 147 Å². The van der Waals surface area contributed by atoms with E-state index >= 15 is 0 Å². The molecule has 1 fully saturated rings. The Morgan fingerprint density at radius 2 is 2.08 bits per heavy atom. The fourth-order valence-electron chi connectivity index (χ4n) is 3.88. The predicted octanol–water partition coefficient (Wildman–Crippen LogP) is 3.47. The molecule has 0 spiro atoms. The standard InChI is InChI=1S/C20H25FN2O2/c1-13-9-16(12-24)7-8-22(13)20(25)19-10-14(2)23(15(19)3)18-6-4-5-17(21)11-18/h4-6,10-11,13,16,24H,7-9,12H2,1-3H3/t13-,16-/m0/s1. The number of aliphatic hydroxyl groups excluding tert-OH is 1. The van der Waals surface area contributed by atoms with Crippen molar-refractivity contribution in [1.29, 1.82) is 0 Å². The summed E-state index contributed by atoms with van der Waals surface area (Å²) < 4.78 is 15.5. The summed E-state index contributed by atoms with van der Waals surface area (Å²) in [7, 11) is 0. The molecule has 0 radical (unpaired) electrons. The molecule has 1 aromatic heterocycles. The zero-order valence-corrected chi connectivity index (χ0v) is 15.0. The van der Waals surface area contributed by atoms with Gasteiger partial charge in [-0.2, -0.15) is 0 Å². The maximum atomic E-state index is 13.6. The molecule has 1 amide bonds. The number of carbonyl (C=O) groups is 1. The van der Waals surface area contributed by atoms with Gasteiger partial charge in [-0.05, 0) is 63.8 Å². The Morgan fingerprint density at radius 3 is 2.72 bits per heavy atom. The molecule has 0 unspecified atom stereocenters. The van der Waals surface area contributed by atoms with Crippen LogP contribution in [0.1, 0.15) is 41.5 Å². The lowest BCUT2D eigenvalue weighted by molar-refractivity contribution is 0.0514. The zero-order chi connectivity index (χ0) is 18.1. The van der Waals surface area contributed by atoms with Crippen molar-refractivity contribution in [3.8, 4) is 5.69 Å². The van der Waals surface area contributed by atoms with Crippen molar-refractivity contribution in [3.63, 3.8) is 0 Å². The lowest BCUT2D eigenvalue weighted by Crippen LogP contribution is -2.45. The molecule has 0 aliphatic carbocycles. The maximum absolute atomic E-state index is 13.6. The Hall–Kier alpha value is -2.14. The number of aliphatic hydroxyl groups is 1. The van der Waals surface area contributed by atoms with Gasteiger partial charge in [0, 0.05) is 36.3 Å². The van der Waals surface area contributed by atoms with Crippen molar-refractivity contribution < 1.29 is 14.3 Å². The van der Waals surface area contributed by atoms with Crippen LogP contribution in [0.3, 0.4) is 0 Å². The van der Waals surface area contributed by atoms with Crippen LogP contribution in [0.15, 0.2) is 30.3 Å². The SMILES string of the molecule is Cc1cc(C(=O)N2CC[C@H](CO)C[C@@H]2C)c(C)n1-c1cccc(F)c1. The lowest BCUT2D eigenvalue weighted by atomic mass is 9.92. The first kappa shape index (κ1) is 17.7. The first-order chi connectivity index (χ1) is 11.9. The van der Waals surface area contributed by atoms with Gasteiger partial charge in [-0.3, -0.25) is 4.79 Å². The quantitative estimate of drug-likeness (QED) is 0.927. The average molecular weight is 344 g/mol. The number of carbonyl (C=O) groups excluding carboxylic acids is 1. The number of nitrogens with zero attached hydrogens (tertiary/aromatic N) is 2. The molecule has 134 valence electrons. The zero-order valence-electron chi connectivity index (χ0n) is 15.0. The Kier molecular flexibility index (Phi) is 4.95. The van der Waals surface area contributed by atoms with E-state index in [2.05, 4.69) is 0 Å². The first-order valence-corrected chi connectivity index (χ1v) is 8.79. The van der Waals surface area contributed by atoms with Crippen molar-refractivity contribution in [2.75, 3.05) is 13.2 Å². The molecule has 2 atom stereocenters. The van der Waals surface area contributed by atoms with Crippen LogP contribution in [0.4, 0.5) is 4.39 Å². The summed E-state index contributed by atoms with van der Waals surface area (Å²) >= 11 is 0. The molecule has 25 heavy (non-hydrogen) atoms. The second-order valence-electron chi connectivity index (χ2n) is 7.02. The molecule has 2 heterocycles. The van der Waals surface area contributed by atoms with Gasteiger partial charge in [-0.1, -0.05) is 6.07 Å². The number of rotatable bonds is 3. The van der Waals surface area contributed by atoms with E-state index in [1.807, 2.05) is 42.4 Å². The molecule has 1 aliphatic rings. The van der Waals surface area contributed by atoms with Crippen LogP contribution < -0.4 is 0 Å². The maximum Gasteiger partial charge on any atom is 0.255 e. The molecule has 1 saturated heterocycles. The van der Waals surface area contributed by atoms with Gasteiger partial charge in [0.2, 0.25) is 0 Å². The van der Waals surface area contributed by atoms with Gasteiger partial charge in [0.05, 0.1) is 5.56 Å². The molecule has 4 nitrogen and oxygen atoms in total. The summed E-state index contributed by atoms with van der Waals surface area (Å²) in [6, 6.07) is 8.39. The molecule has 2 aromatic rings. The van der Waals surface area contributed by atoms with Gasteiger partial charge >= 0.3 is 0 Å². The van der Waals surface area contributed by atoms with Crippen molar-refractivity contribution >= 4 is 5.91 Å². The van der Waals surface area contributed by atoms with Gasteiger partial charge < -0.3 is 14.6 Å². The van der Waals surface area contributed by atoms with Crippen LogP contribution in [0, 0.1) is 25.6 Å². The highest BCUT2D eigenvalue weighted by atomic mass is 19.1. The van der Waals surface area contributed by atoms with Crippen molar-refractivity contribution in [1.82, 2.24) is 9.47 Å². The van der Waals surface area contributed by atoms with Crippen molar-refractivity contribution in [2.24, 2.45) is 5.92 Å². The lowest BCUT2D eigenvalue weighted by Gasteiger charge is -2.37. The third kappa shape index (κ3) is 3.33. The Balaban J connectivity index is 1.91. The highest BCUT2D eigenvalue weighted by molar-refractivity contribution is 5.96. The monoisotopic (exact) mass is 344 g/mol. The number of halogens is 1. The van der Waals surface area contributed by atoms with Crippen molar-refractivity contribution in [2.45, 2.75) is 39.7 Å². The van der Waals surface area contributed by atoms with Crippen molar-refractivity contribution in [3.05, 3.63) is 53.1 Å². The summed E-state index contributed by atoms with van der Waals surface area (Å²) in [4.78, 5) is 15.0. The minimum atomic E-state index is -0.294. The van der Waals surface area contributed by atoms with E-state index < -0.39 is 0 Å². The van der Waals surface area contributed by atoms with Crippen LogP contribution >= 0.6 is 0 Å². The largest absolute Gasteiger partial charge is 0.396 e. The topological polar surface area (TPSA) is 45.5 Å². The molecule has 1 aliphatic heterocycles. The number of likely N-dealkylation sites (tertiary alicyclic amines) is 1. The van der Waals surface area contributed by atoms with E-state index in [0.29, 0.717) is 12.1 Å². The summed E-state index contributed by atoms with van der Waals surface area (Å²) in [6.07, 6.45) is 1.65. The molecule has 3 rings (SSSR count). The second kappa shape index (κ2) is 7.00. The molecular weight excluding hydrogens is 319 g/mol. The smallest absolute Gasteiger partial charge is 0.255 e. The van der Waals surface area contributed by atoms with E-state index in [1.165, 1.54) is 12.1 Å². The fourth-order valence-corrected chi connectivity index (χ4v) is 3.88.